The van der Waals surface area contributed by atoms with Crippen LogP contribution in [0.5, 0.6) is 5.75 Å². The molecule has 0 bridgehead atoms. The summed E-state index contributed by atoms with van der Waals surface area (Å²) in [6.07, 6.45) is 8.61. The Kier molecular flexibility index (Phi) is 8.39. The number of thiocarbonyl (C=S) groups is 1. The zero-order chi connectivity index (χ0) is 22.9. The summed E-state index contributed by atoms with van der Waals surface area (Å²) in [6.45, 7) is 0. The number of para-hydroxylation sites is 2. The molecule has 2 amide bonds. The molecule has 0 radical (unpaired) electrons. The van der Waals surface area contributed by atoms with Crippen molar-refractivity contribution in [1.29, 1.82) is 0 Å². The smallest absolute Gasteiger partial charge is 0.253 e. The van der Waals surface area contributed by atoms with Crippen molar-refractivity contribution in [1.82, 2.24) is 10.6 Å². The average molecular weight is 452 g/mol. The predicted octanol–water partition coefficient (Wildman–Crippen LogP) is 4.31. The maximum atomic E-state index is 12.9. The van der Waals surface area contributed by atoms with E-state index in [-0.39, 0.29) is 23.0 Å². The van der Waals surface area contributed by atoms with Gasteiger partial charge in [-0.25, -0.2) is 0 Å². The fourth-order valence-corrected chi connectivity index (χ4v) is 3.98. The standard InChI is InChI=1S/C25H29N3O3S/c1-28(25(32)27-23(29)17-16-18-10-6-9-15-22(18)31-2)21-14-8-7-13-20(21)24(30)26-19-11-4-3-5-12-19/h6-10,13-17,19H,3-5,11-12H2,1-2H3,(H,26,30)(H,27,29,32)/b17-16+. The molecule has 1 fully saturated rings. The van der Waals surface area contributed by atoms with Gasteiger partial charge in [0.2, 0.25) is 5.91 Å². The second kappa shape index (κ2) is 11.4. The molecule has 2 aromatic rings. The van der Waals surface area contributed by atoms with Crippen LogP contribution in [-0.4, -0.2) is 37.1 Å². The van der Waals surface area contributed by atoms with Crippen molar-refractivity contribution in [2.24, 2.45) is 0 Å². The van der Waals surface area contributed by atoms with Crippen LogP contribution in [0, 0.1) is 0 Å². The first-order valence-electron chi connectivity index (χ1n) is 10.8. The van der Waals surface area contributed by atoms with Gasteiger partial charge in [0.05, 0.1) is 18.4 Å². The van der Waals surface area contributed by atoms with Gasteiger partial charge in [-0.05, 0) is 49.3 Å². The number of hydrogen-bond donors (Lipinski definition) is 2. The molecule has 0 unspecified atom stereocenters. The van der Waals surface area contributed by atoms with E-state index in [1.54, 1.807) is 31.2 Å². The quantitative estimate of drug-likeness (QED) is 0.506. The first kappa shape index (κ1) is 23.5. The number of hydrogen-bond acceptors (Lipinski definition) is 4. The molecular formula is C25H29N3O3S. The Bertz CT molecular complexity index is 999. The van der Waals surface area contributed by atoms with Crippen LogP contribution in [-0.2, 0) is 4.79 Å². The molecular weight excluding hydrogens is 422 g/mol. The fourth-order valence-electron chi connectivity index (χ4n) is 3.78. The molecule has 0 heterocycles. The number of methoxy groups -OCH3 is 1. The second-order valence-corrected chi connectivity index (χ2v) is 8.14. The lowest BCUT2D eigenvalue weighted by atomic mass is 9.95. The summed E-state index contributed by atoms with van der Waals surface area (Å²) in [5.41, 5.74) is 1.95. The van der Waals surface area contributed by atoms with E-state index in [4.69, 9.17) is 17.0 Å². The monoisotopic (exact) mass is 451 g/mol. The van der Waals surface area contributed by atoms with Crippen molar-refractivity contribution in [2.75, 3.05) is 19.1 Å². The highest BCUT2D eigenvalue weighted by Gasteiger charge is 2.21. The number of amides is 2. The first-order chi connectivity index (χ1) is 15.5. The average Bonchev–Trinajstić information content (AvgIpc) is 2.83. The SMILES string of the molecule is COc1ccccc1/C=C/C(=O)NC(=S)N(C)c1ccccc1C(=O)NC1CCCCC1. The summed E-state index contributed by atoms with van der Waals surface area (Å²) < 4.78 is 5.29. The number of anilines is 1. The van der Waals surface area contributed by atoms with Crippen molar-refractivity contribution in [2.45, 2.75) is 38.1 Å². The van der Waals surface area contributed by atoms with Crippen LogP contribution in [0.1, 0.15) is 48.0 Å². The van der Waals surface area contributed by atoms with Crippen LogP contribution in [0.4, 0.5) is 5.69 Å². The molecule has 1 aliphatic carbocycles. The van der Waals surface area contributed by atoms with Gasteiger partial charge in [0.15, 0.2) is 5.11 Å². The minimum Gasteiger partial charge on any atom is -0.496 e. The van der Waals surface area contributed by atoms with Crippen molar-refractivity contribution in [3.8, 4) is 5.75 Å². The van der Waals surface area contributed by atoms with Crippen LogP contribution in [0.15, 0.2) is 54.6 Å². The van der Waals surface area contributed by atoms with E-state index in [1.165, 1.54) is 12.5 Å². The van der Waals surface area contributed by atoms with Crippen LogP contribution in [0.25, 0.3) is 6.08 Å². The number of benzene rings is 2. The number of carbonyl (C=O) groups is 2. The Hall–Kier alpha value is -3.19. The Balaban J connectivity index is 1.65. The molecule has 0 atom stereocenters. The van der Waals surface area contributed by atoms with Gasteiger partial charge in [-0.2, -0.15) is 0 Å². The number of rotatable bonds is 6. The summed E-state index contributed by atoms with van der Waals surface area (Å²) in [5.74, 6) is 0.190. The topological polar surface area (TPSA) is 70.7 Å². The Morgan fingerprint density at radius 2 is 1.75 bits per heavy atom. The van der Waals surface area contributed by atoms with Crippen LogP contribution in [0.3, 0.4) is 0 Å². The minimum absolute atomic E-state index is 0.121. The molecule has 1 saturated carbocycles. The van der Waals surface area contributed by atoms with Gasteiger partial charge >= 0.3 is 0 Å². The van der Waals surface area contributed by atoms with Gasteiger partial charge in [-0.3, -0.25) is 14.9 Å². The van der Waals surface area contributed by atoms with E-state index < -0.39 is 0 Å². The summed E-state index contributed by atoms with van der Waals surface area (Å²) in [7, 11) is 3.32. The van der Waals surface area contributed by atoms with Gasteiger partial charge in [-0.15, -0.1) is 0 Å². The highest BCUT2D eigenvalue weighted by atomic mass is 32.1. The molecule has 1 aliphatic rings. The number of carbonyl (C=O) groups excluding carboxylic acids is 2. The van der Waals surface area contributed by atoms with Gasteiger partial charge in [0.1, 0.15) is 5.75 Å². The van der Waals surface area contributed by atoms with Gasteiger partial charge in [-0.1, -0.05) is 49.6 Å². The molecule has 0 aromatic heterocycles. The Morgan fingerprint density at radius 3 is 2.50 bits per heavy atom. The highest BCUT2D eigenvalue weighted by Crippen LogP contribution is 2.22. The van der Waals surface area contributed by atoms with Crippen LogP contribution < -0.4 is 20.3 Å². The maximum Gasteiger partial charge on any atom is 0.253 e. The molecule has 3 rings (SSSR count). The predicted molar refractivity (Wildman–Crippen MR) is 132 cm³/mol. The summed E-state index contributed by atoms with van der Waals surface area (Å²) in [6, 6.07) is 14.9. The number of nitrogens with zero attached hydrogens (tertiary/aromatic N) is 1. The zero-order valence-corrected chi connectivity index (χ0v) is 19.3. The lowest BCUT2D eigenvalue weighted by Crippen LogP contribution is -2.41. The lowest BCUT2D eigenvalue weighted by Gasteiger charge is -2.25. The van der Waals surface area contributed by atoms with Gasteiger partial charge in [0, 0.05) is 24.7 Å². The molecule has 0 aliphatic heterocycles. The second-order valence-electron chi connectivity index (χ2n) is 7.75. The largest absolute Gasteiger partial charge is 0.496 e. The number of nitrogens with one attached hydrogen (secondary N) is 2. The molecule has 7 heteroatoms. The van der Waals surface area contributed by atoms with Gasteiger partial charge < -0.3 is 15.0 Å². The zero-order valence-electron chi connectivity index (χ0n) is 18.5. The third-order valence-electron chi connectivity index (χ3n) is 5.54. The molecule has 6 nitrogen and oxygen atoms in total. The van der Waals surface area contributed by atoms with Crippen LogP contribution >= 0.6 is 12.2 Å². The molecule has 2 N–H and O–H groups in total. The highest BCUT2D eigenvalue weighted by molar-refractivity contribution is 7.80. The summed E-state index contributed by atoms with van der Waals surface area (Å²) in [5, 5.41) is 6.04. The van der Waals surface area contributed by atoms with E-state index >= 15 is 0 Å². The van der Waals surface area contributed by atoms with Crippen molar-refractivity contribution < 1.29 is 14.3 Å². The first-order valence-corrected chi connectivity index (χ1v) is 11.2. The van der Waals surface area contributed by atoms with Crippen molar-refractivity contribution in [3.63, 3.8) is 0 Å². The molecule has 168 valence electrons. The van der Waals surface area contributed by atoms with E-state index in [1.807, 2.05) is 42.5 Å². The van der Waals surface area contributed by atoms with E-state index in [9.17, 15) is 9.59 Å². The van der Waals surface area contributed by atoms with Gasteiger partial charge in [0.25, 0.3) is 5.91 Å². The van der Waals surface area contributed by atoms with Crippen molar-refractivity contribution >= 4 is 40.9 Å². The minimum atomic E-state index is -0.364. The Labute approximate surface area is 194 Å². The van der Waals surface area contributed by atoms with E-state index in [2.05, 4.69) is 10.6 Å². The molecule has 0 spiro atoms. The Morgan fingerprint density at radius 1 is 1.06 bits per heavy atom. The van der Waals surface area contributed by atoms with E-state index in [0.717, 1.165) is 31.2 Å². The third-order valence-corrected chi connectivity index (χ3v) is 5.91. The summed E-state index contributed by atoms with van der Waals surface area (Å²) in [4.78, 5) is 27.0. The van der Waals surface area contributed by atoms with E-state index in [0.29, 0.717) is 17.0 Å². The normalized spacial score (nSPS) is 14.1. The fraction of sp³-hybridized carbons (Fsp3) is 0.320. The van der Waals surface area contributed by atoms with Crippen LogP contribution in [0.2, 0.25) is 0 Å². The molecule has 0 saturated heterocycles. The van der Waals surface area contributed by atoms with Crippen molar-refractivity contribution in [3.05, 3.63) is 65.7 Å². The summed E-state index contributed by atoms with van der Waals surface area (Å²) >= 11 is 5.43. The molecule has 32 heavy (non-hydrogen) atoms. The lowest BCUT2D eigenvalue weighted by molar-refractivity contribution is -0.115. The molecule has 2 aromatic carbocycles. The number of ether oxygens (including phenoxy) is 1. The maximum absolute atomic E-state index is 12.9. The third kappa shape index (κ3) is 6.17.